The third-order valence-electron chi connectivity index (χ3n) is 2.78. The molecule has 0 aliphatic carbocycles. The highest BCUT2D eigenvalue weighted by Gasteiger charge is 2.07. The molecule has 1 aromatic carbocycles. The first-order chi connectivity index (χ1) is 8.72. The van der Waals surface area contributed by atoms with Gasteiger partial charge < -0.3 is 11.1 Å². The highest BCUT2D eigenvalue weighted by molar-refractivity contribution is 7.99. The van der Waals surface area contributed by atoms with Gasteiger partial charge in [-0.3, -0.25) is 4.98 Å². The molecule has 1 aromatic heterocycles. The van der Waals surface area contributed by atoms with Crippen molar-refractivity contribution in [1.29, 1.82) is 0 Å². The molecule has 0 aliphatic rings. The molecule has 1 unspecified atom stereocenters. The van der Waals surface area contributed by atoms with Crippen molar-refractivity contribution in [3.8, 4) is 0 Å². The first kappa shape index (κ1) is 13.0. The van der Waals surface area contributed by atoms with Crippen LogP contribution in [0.15, 0.2) is 30.5 Å². The molecule has 0 fully saturated rings. The van der Waals surface area contributed by atoms with Crippen LogP contribution in [0.25, 0.3) is 10.9 Å². The predicted octanol–water partition coefficient (Wildman–Crippen LogP) is 3.37. The normalized spacial score (nSPS) is 12.6. The van der Waals surface area contributed by atoms with E-state index < -0.39 is 0 Å². The fourth-order valence-corrected chi connectivity index (χ4v) is 2.60. The van der Waals surface area contributed by atoms with Crippen molar-refractivity contribution in [2.75, 3.05) is 22.6 Å². The summed E-state index contributed by atoms with van der Waals surface area (Å²) in [6.45, 7) is 4.38. The number of nitrogens with two attached hydrogens (primary N) is 1. The van der Waals surface area contributed by atoms with Crippen LogP contribution < -0.4 is 11.1 Å². The minimum Gasteiger partial charge on any atom is -0.397 e. The van der Waals surface area contributed by atoms with Crippen molar-refractivity contribution in [3.05, 3.63) is 30.5 Å². The SMILES string of the molecule is CCSCC(C)Nc1ccnc2c(N)cccc12. The van der Waals surface area contributed by atoms with Gasteiger partial charge in [0.05, 0.1) is 11.2 Å². The van der Waals surface area contributed by atoms with Crippen LogP contribution in [0.1, 0.15) is 13.8 Å². The van der Waals surface area contributed by atoms with Gasteiger partial charge in [-0.05, 0) is 24.8 Å². The summed E-state index contributed by atoms with van der Waals surface area (Å²) in [5.74, 6) is 2.25. The number of nitrogen functional groups attached to an aromatic ring is 1. The molecule has 0 aliphatic heterocycles. The van der Waals surface area contributed by atoms with E-state index in [1.54, 1.807) is 6.20 Å². The van der Waals surface area contributed by atoms with Gasteiger partial charge in [-0.25, -0.2) is 0 Å². The summed E-state index contributed by atoms with van der Waals surface area (Å²) >= 11 is 1.94. The first-order valence-corrected chi connectivity index (χ1v) is 7.35. The zero-order valence-corrected chi connectivity index (χ0v) is 11.6. The molecule has 18 heavy (non-hydrogen) atoms. The van der Waals surface area contributed by atoms with Crippen LogP contribution in [0.3, 0.4) is 0 Å². The Hall–Kier alpha value is -1.42. The number of pyridine rings is 1. The van der Waals surface area contributed by atoms with Crippen LogP contribution in [0.5, 0.6) is 0 Å². The largest absolute Gasteiger partial charge is 0.397 e. The summed E-state index contributed by atoms with van der Waals surface area (Å²) in [5, 5.41) is 4.62. The highest BCUT2D eigenvalue weighted by Crippen LogP contribution is 2.26. The minimum atomic E-state index is 0.432. The molecule has 0 amide bonds. The first-order valence-electron chi connectivity index (χ1n) is 6.20. The minimum absolute atomic E-state index is 0.432. The second kappa shape index (κ2) is 5.96. The Bertz CT molecular complexity index is 527. The quantitative estimate of drug-likeness (QED) is 0.810. The smallest absolute Gasteiger partial charge is 0.0951 e. The topological polar surface area (TPSA) is 50.9 Å². The van der Waals surface area contributed by atoms with Gasteiger partial charge in [0.15, 0.2) is 0 Å². The lowest BCUT2D eigenvalue weighted by Crippen LogP contribution is -2.18. The number of nitrogens with one attached hydrogen (secondary N) is 1. The van der Waals surface area contributed by atoms with Gasteiger partial charge in [-0.1, -0.05) is 19.1 Å². The zero-order chi connectivity index (χ0) is 13.0. The number of rotatable bonds is 5. The van der Waals surface area contributed by atoms with Crippen molar-refractivity contribution in [2.45, 2.75) is 19.9 Å². The van der Waals surface area contributed by atoms with Gasteiger partial charge in [-0.15, -0.1) is 0 Å². The van der Waals surface area contributed by atoms with E-state index in [-0.39, 0.29) is 0 Å². The van der Waals surface area contributed by atoms with E-state index in [0.29, 0.717) is 6.04 Å². The average molecular weight is 261 g/mol. The van der Waals surface area contributed by atoms with Gasteiger partial charge in [0.25, 0.3) is 0 Å². The molecule has 0 bridgehead atoms. The van der Waals surface area contributed by atoms with E-state index in [0.717, 1.165) is 33.8 Å². The van der Waals surface area contributed by atoms with Crippen LogP contribution in [-0.2, 0) is 0 Å². The Kier molecular flexibility index (Phi) is 4.31. The molecular formula is C14H19N3S. The van der Waals surface area contributed by atoms with Gasteiger partial charge in [0.1, 0.15) is 0 Å². The average Bonchev–Trinajstić information content (AvgIpc) is 2.38. The summed E-state index contributed by atoms with van der Waals surface area (Å²) < 4.78 is 0. The zero-order valence-electron chi connectivity index (χ0n) is 10.8. The molecule has 3 nitrogen and oxygen atoms in total. The fourth-order valence-electron chi connectivity index (χ4n) is 1.93. The van der Waals surface area contributed by atoms with Crippen molar-refractivity contribution >= 4 is 34.0 Å². The van der Waals surface area contributed by atoms with E-state index in [1.165, 1.54) is 0 Å². The van der Waals surface area contributed by atoms with Gasteiger partial charge >= 0.3 is 0 Å². The number of benzene rings is 1. The molecule has 1 heterocycles. The number of hydrogen-bond donors (Lipinski definition) is 2. The number of anilines is 2. The maximum absolute atomic E-state index is 5.94. The fraction of sp³-hybridized carbons (Fsp3) is 0.357. The van der Waals surface area contributed by atoms with E-state index in [2.05, 4.69) is 30.2 Å². The van der Waals surface area contributed by atoms with Crippen LogP contribution in [0.2, 0.25) is 0 Å². The number of aromatic nitrogens is 1. The van der Waals surface area contributed by atoms with Crippen LogP contribution in [0, 0.1) is 0 Å². The maximum Gasteiger partial charge on any atom is 0.0951 e. The molecule has 3 N–H and O–H groups in total. The number of fused-ring (bicyclic) bond motifs is 1. The third-order valence-corrected chi connectivity index (χ3v) is 3.92. The molecule has 96 valence electrons. The summed E-state index contributed by atoms with van der Waals surface area (Å²) in [6, 6.07) is 8.35. The van der Waals surface area contributed by atoms with E-state index in [1.807, 2.05) is 30.0 Å². The molecule has 0 saturated carbocycles. The molecule has 2 aromatic rings. The van der Waals surface area contributed by atoms with E-state index >= 15 is 0 Å². The van der Waals surface area contributed by atoms with E-state index in [4.69, 9.17) is 5.73 Å². The summed E-state index contributed by atoms with van der Waals surface area (Å²) in [6.07, 6.45) is 1.81. The van der Waals surface area contributed by atoms with Gasteiger partial charge in [0, 0.05) is 29.1 Å². The monoisotopic (exact) mass is 261 g/mol. The number of nitrogens with zero attached hydrogens (tertiary/aromatic N) is 1. The van der Waals surface area contributed by atoms with Crippen LogP contribution in [0.4, 0.5) is 11.4 Å². The molecule has 0 spiro atoms. The lowest BCUT2D eigenvalue weighted by molar-refractivity contribution is 0.915. The third kappa shape index (κ3) is 2.88. The standard InChI is InChI=1S/C14H19N3S/c1-3-18-9-10(2)17-13-7-8-16-14-11(13)5-4-6-12(14)15/h4-8,10H,3,9,15H2,1-2H3,(H,16,17). The van der Waals surface area contributed by atoms with Crippen molar-refractivity contribution in [2.24, 2.45) is 0 Å². The molecule has 0 saturated heterocycles. The molecule has 2 rings (SSSR count). The van der Waals surface area contributed by atoms with Gasteiger partial charge in [-0.2, -0.15) is 11.8 Å². The van der Waals surface area contributed by atoms with Crippen LogP contribution >= 0.6 is 11.8 Å². The Morgan fingerprint density at radius 1 is 1.39 bits per heavy atom. The van der Waals surface area contributed by atoms with Crippen molar-refractivity contribution in [3.63, 3.8) is 0 Å². The van der Waals surface area contributed by atoms with Crippen LogP contribution in [-0.4, -0.2) is 22.5 Å². The number of hydrogen-bond acceptors (Lipinski definition) is 4. The van der Waals surface area contributed by atoms with Crippen molar-refractivity contribution < 1.29 is 0 Å². The summed E-state index contributed by atoms with van der Waals surface area (Å²) in [4.78, 5) is 4.34. The van der Waals surface area contributed by atoms with Gasteiger partial charge in [0.2, 0.25) is 0 Å². The second-order valence-electron chi connectivity index (χ2n) is 4.31. The highest BCUT2D eigenvalue weighted by atomic mass is 32.2. The lowest BCUT2D eigenvalue weighted by Gasteiger charge is -2.16. The Balaban J connectivity index is 2.25. The second-order valence-corrected chi connectivity index (χ2v) is 5.63. The van der Waals surface area contributed by atoms with Crippen molar-refractivity contribution in [1.82, 2.24) is 4.98 Å². The van der Waals surface area contributed by atoms with E-state index in [9.17, 15) is 0 Å². The lowest BCUT2D eigenvalue weighted by atomic mass is 10.1. The number of para-hydroxylation sites is 1. The summed E-state index contributed by atoms with van der Waals surface area (Å²) in [5.41, 5.74) is 8.65. The molecular weight excluding hydrogens is 242 g/mol. The predicted molar refractivity (Wildman–Crippen MR) is 82.2 cm³/mol. The molecule has 1 atom stereocenters. The Morgan fingerprint density at radius 3 is 3.00 bits per heavy atom. The Morgan fingerprint density at radius 2 is 2.22 bits per heavy atom. The molecule has 4 heteroatoms. The molecule has 0 radical (unpaired) electrons. The Labute approximate surface area is 112 Å². The maximum atomic E-state index is 5.94. The number of thioether (sulfide) groups is 1. The summed E-state index contributed by atoms with van der Waals surface area (Å²) in [7, 11) is 0.